The molecule has 0 aliphatic carbocycles. The van der Waals surface area contributed by atoms with Crippen molar-refractivity contribution in [3.05, 3.63) is 18.2 Å². The second-order valence-electron chi connectivity index (χ2n) is 4.92. The van der Waals surface area contributed by atoms with Gasteiger partial charge in [0.15, 0.2) is 5.78 Å². The monoisotopic (exact) mass is 249 g/mol. The fourth-order valence-electron chi connectivity index (χ4n) is 2.38. The average molecular weight is 249 g/mol. The minimum absolute atomic E-state index is 0.264. The Morgan fingerprint density at radius 2 is 1.94 bits per heavy atom. The minimum Gasteiger partial charge on any atom is -0.497 e. The van der Waals surface area contributed by atoms with Crippen molar-refractivity contribution in [1.29, 1.82) is 0 Å². The fourth-order valence-corrected chi connectivity index (χ4v) is 2.38. The molecule has 0 atom stereocenters. The number of anilines is 1. The largest absolute Gasteiger partial charge is 0.497 e. The Kier molecular flexibility index (Phi) is 3.20. The van der Waals surface area contributed by atoms with Crippen LogP contribution in [0.1, 0.15) is 20.3 Å². The van der Waals surface area contributed by atoms with Gasteiger partial charge in [0.05, 0.1) is 25.4 Å². The van der Waals surface area contributed by atoms with Crippen LogP contribution in [0.5, 0.6) is 11.5 Å². The summed E-state index contributed by atoms with van der Waals surface area (Å²) in [6.07, 6.45) is 0.585. The number of nitrogens with zero attached hydrogens (tertiary/aromatic N) is 1. The molecule has 0 amide bonds. The van der Waals surface area contributed by atoms with Crippen molar-refractivity contribution in [2.45, 2.75) is 25.8 Å². The molecule has 1 fully saturated rings. The van der Waals surface area contributed by atoms with Gasteiger partial charge in [-0.1, -0.05) is 0 Å². The Morgan fingerprint density at radius 1 is 1.22 bits per heavy atom. The third-order valence-corrected chi connectivity index (χ3v) is 3.60. The van der Waals surface area contributed by atoms with E-state index in [2.05, 4.69) is 4.90 Å². The molecule has 0 unspecified atom stereocenters. The third kappa shape index (κ3) is 1.92. The Bertz CT molecular complexity index is 468. The second-order valence-corrected chi connectivity index (χ2v) is 4.92. The van der Waals surface area contributed by atoms with Crippen LogP contribution in [0, 0.1) is 0 Å². The zero-order chi connectivity index (χ0) is 13.3. The van der Waals surface area contributed by atoms with E-state index in [4.69, 9.17) is 9.47 Å². The molecule has 1 aromatic carbocycles. The van der Waals surface area contributed by atoms with Gasteiger partial charge in [0.1, 0.15) is 11.5 Å². The number of benzene rings is 1. The van der Waals surface area contributed by atoms with E-state index in [1.807, 2.05) is 32.0 Å². The highest BCUT2D eigenvalue weighted by molar-refractivity contribution is 5.95. The zero-order valence-electron chi connectivity index (χ0n) is 11.3. The average Bonchev–Trinajstić information content (AvgIpc) is 2.63. The molecule has 0 N–H and O–H groups in total. The van der Waals surface area contributed by atoms with Crippen molar-refractivity contribution >= 4 is 11.5 Å². The van der Waals surface area contributed by atoms with Crippen LogP contribution in [-0.2, 0) is 4.79 Å². The van der Waals surface area contributed by atoms with Crippen LogP contribution in [0.2, 0.25) is 0 Å². The smallest absolute Gasteiger partial charge is 0.159 e. The van der Waals surface area contributed by atoms with Crippen molar-refractivity contribution in [3.8, 4) is 11.5 Å². The van der Waals surface area contributed by atoms with Gasteiger partial charge < -0.3 is 14.4 Å². The van der Waals surface area contributed by atoms with Crippen molar-refractivity contribution < 1.29 is 14.3 Å². The van der Waals surface area contributed by atoms with E-state index in [1.54, 1.807) is 14.2 Å². The SMILES string of the molecule is COc1ccc(N2CCC(=O)C2(C)C)c(OC)c1. The van der Waals surface area contributed by atoms with E-state index in [0.29, 0.717) is 6.42 Å². The van der Waals surface area contributed by atoms with E-state index in [9.17, 15) is 4.79 Å². The van der Waals surface area contributed by atoms with Crippen molar-refractivity contribution in [2.75, 3.05) is 25.7 Å². The first-order chi connectivity index (χ1) is 8.50. The van der Waals surface area contributed by atoms with Gasteiger partial charge in [-0.3, -0.25) is 4.79 Å². The lowest BCUT2D eigenvalue weighted by atomic mass is 10.00. The number of methoxy groups -OCH3 is 2. The van der Waals surface area contributed by atoms with E-state index in [-0.39, 0.29) is 5.78 Å². The lowest BCUT2D eigenvalue weighted by molar-refractivity contribution is -0.120. The van der Waals surface area contributed by atoms with Crippen LogP contribution < -0.4 is 14.4 Å². The quantitative estimate of drug-likeness (QED) is 0.823. The highest BCUT2D eigenvalue weighted by atomic mass is 16.5. The molecule has 1 aromatic rings. The van der Waals surface area contributed by atoms with E-state index in [1.165, 1.54) is 0 Å². The molecule has 1 heterocycles. The van der Waals surface area contributed by atoms with Crippen molar-refractivity contribution in [2.24, 2.45) is 0 Å². The Labute approximate surface area is 107 Å². The van der Waals surface area contributed by atoms with Gasteiger partial charge in [-0.2, -0.15) is 0 Å². The summed E-state index contributed by atoms with van der Waals surface area (Å²) < 4.78 is 10.6. The molecule has 1 aliphatic heterocycles. The molecule has 4 nitrogen and oxygen atoms in total. The first-order valence-corrected chi connectivity index (χ1v) is 6.03. The van der Waals surface area contributed by atoms with Crippen molar-refractivity contribution in [3.63, 3.8) is 0 Å². The number of hydrogen-bond acceptors (Lipinski definition) is 4. The minimum atomic E-state index is -0.470. The Balaban J connectivity index is 2.42. The number of ketones is 1. The van der Waals surface area contributed by atoms with Gasteiger partial charge in [0, 0.05) is 19.0 Å². The van der Waals surface area contributed by atoms with E-state index >= 15 is 0 Å². The molecular formula is C14H19NO3. The van der Waals surface area contributed by atoms with E-state index < -0.39 is 5.54 Å². The number of rotatable bonds is 3. The summed E-state index contributed by atoms with van der Waals surface area (Å²) in [6.45, 7) is 4.63. The third-order valence-electron chi connectivity index (χ3n) is 3.60. The molecule has 0 bridgehead atoms. The zero-order valence-corrected chi connectivity index (χ0v) is 11.3. The molecule has 0 saturated carbocycles. The van der Waals surface area contributed by atoms with Crippen molar-refractivity contribution in [1.82, 2.24) is 0 Å². The summed E-state index contributed by atoms with van der Waals surface area (Å²) in [5.41, 5.74) is 0.469. The highest BCUT2D eigenvalue weighted by Gasteiger charge is 2.41. The molecule has 4 heteroatoms. The maximum Gasteiger partial charge on any atom is 0.159 e. The fraction of sp³-hybridized carbons (Fsp3) is 0.500. The van der Waals surface area contributed by atoms with Gasteiger partial charge >= 0.3 is 0 Å². The lowest BCUT2D eigenvalue weighted by Crippen LogP contribution is -2.43. The first kappa shape index (κ1) is 12.7. The van der Waals surface area contributed by atoms with Gasteiger partial charge in [-0.15, -0.1) is 0 Å². The van der Waals surface area contributed by atoms with Crippen LogP contribution in [0.4, 0.5) is 5.69 Å². The standard InChI is InChI=1S/C14H19NO3/c1-14(2)13(16)7-8-15(14)11-6-5-10(17-3)9-12(11)18-4/h5-6,9H,7-8H2,1-4H3. The number of carbonyl (C=O) groups is 1. The topological polar surface area (TPSA) is 38.8 Å². The maximum atomic E-state index is 11.9. The molecular weight excluding hydrogens is 230 g/mol. The maximum absolute atomic E-state index is 11.9. The van der Waals surface area contributed by atoms with Crippen LogP contribution in [-0.4, -0.2) is 32.1 Å². The summed E-state index contributed by atoms with van der Waals surface area (Å²) in [6, 6.07) is 5.67. The number of hydrogen-bond donors (Lipinski definition) is 0. The summed E-state index contributed by atoms with van der Waals surface area (Å²) in [4.78, 5) is 14.0. The lowest BCUT2D eigenvalue weighted by Gasteiger charge is -2.33. The molecule has 1 saturated heterocycles. The molecule has 1 aliphatic rings. The molecule has 98 valence electrons. The number of Topliss-reactive ketones (excluding diaryl/α,β-unsaturated/α-hetero) is 1. The molecule has 0 radical (unpaired) electrons. The first-order valence-electron chi connectivity index (χ1n) is 6.03. The van der Waals surface area contributed by atoms with E-state index in [0.717, 1.165) is 23.7 Å². The van der Waals surface area contributed by atoms with Crippen LogP contribution in [0.15, 0.2) is 18.2 Å². The Morgan fingerprint density at radius 3 is 2.44 bits per heavy atom. The molecule has 18 heavy (non-hydrogen) atoms. The van der Waals surface area contributed by atoms with Crippen LogP contribution in [0.25, 0.3) is 0 Å². The summed E-state index contributed by atoms with van der Waals surface area (Å²) in [5, 5.41) is 0. The normalized spacial score (nSPS) is 18.0. The van der Waals surface area contributed by atoms with Crippen LogP contribution in [0.3, 0.4) is 0 Å². The second kappa shape index (κ2) is 4.52. The molecule has 0 spiro atoms. The number of ether oxygens (including phenoxy) is 2. The van der Waals surface area contributed by atoms with Gasteiger partial charge in [-0.05, 0) is 26.0 Å². The summed E-state index contributed by atoms with van der Waals surface area (Å²) in [7, 11) is 3.25. The highest BCUT2D eigenvalue weighted by Crippen LogP contribution is 2.39. The van der Waals surface area contributed by atoms with Crippen LogP contribution >= 0.6 is 0 Å². The molecule has 2 rings (SSSR count). The predicted octanol–water partition coefficient (Wildman–Crippen LogP) is 2.26. The summed E-state index contributed by atoms with van der Waals surface area (Å²) in [5.74, 6) is 1.75. The number of carbonyl (C=O) groups excluding carboxylic acids is 1. The van der Waals surface area contributed by atoms with Gasteiger partial charge in [0.25, 0.3) is 0 Å². The van der Waals surface area contributed by atoms with Gasteiger partial charge in [0.2, 0.25) is 0 Å². The summed E-state index contributed by atoms with van der Waals surface area (Å²) >= 11 is 0. The van der Waals surface area contributed by atoms with Gasteiger partial charge in [-0.25, -0.2) is 0 Å². The predicted molar refractivity (Wildman–Crippen MR) is 70.6 cm³/mol. The Hall–Kier alpha value is -1.71. The molecule has 0 aromatic heterocycles.